The number of hydrogen-bond donors (Lipinski definition) is 0. The number of nitrogens with zero attached hydrogens (tertiary/aromatic N) is 4. The fourth-order valence-electron chi connectivity index (χ4n) is 4.68. The second-order valence-electron chi connectivity index (χ2n) is 8.44. The second-order valence-corrected chi connectivity index (χ2v) is 11.4. The quantitative estimate of drug-likeness (QED) is 0.589. The summed E-state index contributed by atoms with van der Waals surface area (Å²) in [6.07, 6.45) is 6.74. The Morgan fingerprint density at radius 2 is 1.70 bits per heavy atom. The number of piperidine rings is 1. The lowest BCUT2D eigenvalue weighted by atomic mass is 10.0. The number of aryl methyl sites for hydroxylation is 1. The molecule has 0 N–H and O–H groups in total. The van der Waals surface area contributed by atoms with Crippen LogP contribution in [0.4, 0.5) is 0 Å². The predicted octanol–water partition coefficient (Wildman–Crippen LogP) is 4.62. The third-order valence-corrected chi connectivity index (χ3v) is 9.48. The molecule has 2 aromatic heterocycles. The van der Waals surface area contributed by atoms with Gasteiger partial charge in [-0.2, -0.15) is 4.31 Å². The zero-order valence-corrected chi connectivity index (χ0v) is 18.8. The number of hydrogen-bond acceptors (Lipinski definition) is 6. The number of fused-ring (bicyclic) bond motifs is 1. The molecule has 1 aromatic carbocycles. The number of para-hydroxylation sites is 1. The maximum atomic E-state index is 13.6. The van der Waals surface area contributed by atoms with Crippen LogP contribution in [0.1, 0.15) is 66.1 Å². The molecule has 2 aliphatic rings. The first-order chi connectivity index (χ1) is 14.5. The molecule has 2 fully saturated rings. The third kappa shape index (κ3) is 3.65. The van der Waals surface area contributed by atoms with Crippen molar-refractivity contribution in [3.63, 3.8) is 0 Å². The Balaban J connectivity index is 1.42. The molecule has 1 unspecified atom stereocenters. The topological polar surface area (TPSA) is 76.1 Å². The minimum atomic E-state index is -3.63. The fourth-order valence-corrected chi connectivity index (χ4v) is 7.50. The molecule has 1 saturated heterocycles. The molecule has 6 nitrogen and oxygen atoms in total. The van der Waals surface area contributed by atoms with E-state index in [9.17, 15) is 8.42 Å². The van der Waals surface area contributed by atoms with Gasteiger partial charge in [-0.05, 0) is 44.7 Å². The zero-order chi connectivity index (χ0) is 20.7. The molecule has 3 heterocycles. The van der Waals surface area contributed by atoms with Crippen LogP contribution in [0.15, 0.2) is 35.2 Å². The summed E-state index contributed by atoms with van der Waals surface area (Å²) in [5.41, 5.74) is 1.37. The van der Waals surface area contributed by atoms with Crippen LogP contribution in [0, 0.1) is 6.92 Å². The average Bonchev–Trinajstić information content (AvgIpc) is 3.45. The molecule has 1 saturated carbocycles. The Labute approximate surface area is 181 Å². The van der Waals surface area contributed by atoms with Crippen molar-refractivity contribution in [2.45, 2.75) is 62.2 Å². The monoisotopic (exact) mass is 442 g/mol. The number of aromatic nitrogens is 3. The summed E-state index contributed by atoms with van der Waals surface area (Å²) in [7, 11) is -3.63. The first-order valence-electron chi connectivity index (χ1n) is 10.7. The van der Waals surface area contributed by atoms with Crippen molar-refractivity contribution >= 4 is 32.3 Å². The highest BCUT2D eigenvalue weighted by atomic mass is 32.2. The van der Waals surface area contributed by atoms with E-state index in [-0.39, 0.29) is 5.92 Å². The van der Waals surface area contributed by atoms with Crippen molar-refractivity contribution in [1.29, 1.82) is 0 Å². The fraction of sp³-hybridized carbons (Fsp3) is 0.500. The summed E-state index contributed by atoms with van der Waals surface area (Å²) in [5.74, 6) is 0.663. The molecule has 3 aromatic rings. The second kappa shape index (κ2) is 7.98. The first-order valence-corrected chi connectivity index (χ1v) is 13.0. The maximum Gasteiger partial charge on any atom is 0.245 e. The van der Waals surface area contributed by atoms with E-state index in [2.05, 4.69) is 15.2 Å². The van der Waals surface area contributed by atoms with Gasteiger partial charge >= 0.3 is 0 Å². The third-order valence-electron chi connectivity index (χ3n) is 6.33. The van der Waals surface area contributed by atoms with Gasteiger partial charge in [-0.3, -0.25) is 4.98 Å². The molecule has 1 aliphatic carbocycles. The van der Waals surface area contributed by atoms with Crippen LogP contribution < -0.4 is 0 Å². The van der Waals surface area contributed by atoms with E-state index in [4.69, 9.17) is 0 Å². The van der Waals surface area contributed by atoms with E-state index < -0.39 is 10.0 Å². The smallest absolute Gasteiger partial charge is 0.245 e. The van der Waals surface area contributed by atoms with E-state index in [1.54, 1.807) is 27.8 Å². The molecule has 0 radical (unpaired) electrons. The molecule has 0 spiro atoms. The summed E-state index contributed by atoms with van der Waals surface area (Å²) >= 11 is 1.69. The molecule has 0 amide bonds. The number of rotatable bonds is 4. The summed E-state index contributed by atoms with van der Waals surface area (Å²) in [5, 5.41) is 11.9. The van der Waals surface area contributed by atoms with Gasteiger partial charge in [-0.25, -0.2) is 8.42 Å². The molecule has 8 heteroatoms. The van der Waals surface area contributed by atoms with E-state index >= 15 is 0 Å². The normalized spacial score (nSPS) is 21.4. The van der Waals surface area contributed by atoms with Crippen LogP contribution in [-0.2, 0) is 10.0 Å². The van der Waals surface area contributed by atoms with Crippen molar-refractivity contribution < 1.29 is 8.42 Å². The molecular weight excluding hydrogens is 416 g/mol. The predicted molar refractivity (Wildman–Crippen MR) is 118 cm³/mol. The molecule has 30 heavy (non-hydrogen) atoms. The van der Waals surface area contributed by atoms with E-state index in [1.807, 2.05) is 25.1 Å². The number of pyridine rings is 1. The molecule has 5 rings (SSSR count). The average molecular weight is 443 g/mol. The van der Waals surface area contributed by atoms with Crippen LogP contribution in [0.5, 0.6) is 0 Å². The van der Waals surface area contributed by atoms with Gasteiger partial charge in [0.05, 0.1) is 5.52 Å². The van der Waals surface area contributed by atoms with E-state index in [1.165, 1.54) is 25.7 Å². The lowest BCUT2D eigenvalue weighted by molar-refractivity contribution is 0.315. The lowest BCUT2D eigenvalue weighted by Crippen LogP contribution is -2.39. The molecule has 0 bridgehead atoms. The van der Waals surface area contributed by atoms with Gasteiger partial charge in [0.25, 0.3) is 0 Å². The molecule has 1 atom stereocenters. The van der Waals surface area contributed by atoms with Crippen LogP contribution in [0.2, 0.25) is 0 Å². The van der Waals surface area contributed by atoms with E-state index in [0.29, 0.717) is 29.4 Å². The van der Waals surface area contributed by atoms with Gasteiger partial charge in [-0.1, -0.05) is 31.0 Å². The first kappa shape index (κ1) is 20.0. The van der Waals surface area contributed by atoms with Gasteiger partial charge in [0.15, 0.2) is 0 Å². The summed E-state index contributed by atoms with van der Waals surface area (Å²) in [6.45, 7) is 2.89. The summed E-state index contributed by atoms with van der Waals surface area (Å²) < 4.78 is 28.7. The maximum absolute atomic E-state index is 13.6. The standard InChI is InChI=1S/C22H26N4O2S2/c1-15-11-12-16-8-4-10-19(20(16)23-15)30(27,28)26-13-5-9-18(14-26)22-25-24-21(29-22)17-6-2-3-7-17/h4,8,10-12,17-18H,2-3,5-7,9,13-14H2,1H3. The minimum Gasteiger partial charge on any atom is -0.252 e. The van der Waals surface area contributed by atoms with Crippen LogP contribution in [0.25, 0.3) is 10.9 Å². The van der Waals surface area contributed by atoms with Gasteiger partial charge in [-0.15, -0.1) is 21.5 Å². The zero-order valence-electron chi connectivity index (χ0n) is 17.1. The van der Waals surface area contributed by atoms with Crippen molar-refractivity contribution in [2.24, 2.45) is 0 Å². The highest BCUT2D eigenvalue weighted by Gasteiger charge is 2.34. The van der Waals surface area contributed by atoms with Crippen LogP contribution in [0.3, 0.4) is 0 Å². The van der Waals surface area contributed by atoms with Gasteiger partial charge < -0.3 is 0 Å². The Morgan fingerprint density at radius 3 is 2.50 bits per heavy atom. The van der Waals surface area contributed by atoms with Crippen LogP contribution >= 0.6 is 11.3 Å². The summed E-state index contributed by atoms with van der Waals surface area (Å²) in [4.78, 5) is 4.83. The highest BCUT2D eigenvalue weighted by molar-refractivity contribution is 7.89. The Morgan fingerprint density at radius 1 is 0.967 bits per heavy atom. The van der Waals surface area contributed by atoms with Crippen molar-refractivity contribution in [3.05, 3.63) is 46.0 Å². The highest BCUT2D eigenvalue weighted by Crippen LogP contribution is 2.39. The Bertz CT molecular complexity index is 1170. The van der Waals surface area contributed by atoms with Crippen LogP contribution in [-0.4, -0.2) is 41.0 Å². The Kier molecular flexibility index (Phi) is 5.33. The SMILES string of the molecule is Cc1ccc2cccc(S(=O)(=O)N3CCCC(c4nnc(C5CCCC5)s4)C3)c2n1. The largest absolute Gasteiger partial charge is 0.252 e. The summed E-state index contributed by atoms with van der Waals surface area (Å²) in [6, 6.07) is 9.23. The van der Waals surface area contributed by atoms with Gasteiger partial charge in [0.1, 0.15) is 14.9 Å². The molecular formula is C22H26N4O2S2. The number of benzene rings is 1. The van der Waals surface area contributed by atoms with Crippen molar-refractivity contribution in [1.82, 2.24) is 19.5 Å². The lowest BCUT2D eigenvalue weighted by Gasteiger charge is -2.31. The van der Waals surface area contributed by atoms with Crippen molar-refractivity contribution in [3.8, 4) is 0 Å². The van der Waals surface area contributed by atoms with E-state index in [0.717, 1.165) is 33.9 Å². The van der Waals surface area contributed by atoms with Crippen molar-refractivity contribution in [2.75, 3.05) is 13.1 Å². The van der Waals surface area contributed by atoms with Gasteiger partial charge in [0.2, 0.25) is 10.0 Å². The Hall–Kier alpha value is -1.90. The minimum absolute atomic E-state index is 0.117. The van der Waals surface area contributed by atoms with Gasteiger partial charge in [0, 0.05) is 36.0 Å². The molecule has 1 aliphatic heterocycles. The number of sulfonamides is 1. The molecule has 158 valence electrons.